The van der Waals surface area contributed by atoms with Crippen molar-refractivity contribution in [3.63, 3.8) is 0 Å². The predicted octanol–water partition coefficient (Wildman–Crippen LogP) is 3.14. The molecule has 1 saturated heterocycles. The minimum absolute atomic E-state index is 0.140. The highest BCUT2D eigenvalue weighted by atomic mass is 32.1. The van der Waals surface area contributed by atoms with Gasteiger partial charge < -0.3 is 10.0 Å². The minimum atomic E-state index is 0.140. The van der Waals surface area contributed by atoms with E-state index >= 15 is 0 Å². The van der Waals surface area contributed by atoms with Crippen molar-refractivity contribution in [2.24, 2.45) is 7.05 Å². The highest BCUT2D eigenvalue weighted by molar-refractivity contribution is 7.20. The fourth-order valence-electron chi connectivity index (χ4n) is 3.47. The van der Waals surface area contributed by atoms with Crippen LogP contribution in [0.3, 0.4) is 0 Å². The van der Waals surface area contributed by atoms with E-state index in [1.165, 1.54) is 0 Å². The Morgan fingerprint density at radius 3 is 3.00 bits per heavy atom. The first-order valence-electron chi connectivity index (χ1n) is 8.41. The number of aliphatic hydroxyl groups excluding tert-OH is 1. The lowest BCUT2D eigenvalue weighted by atomic mass is 10.1. The second-order valence-corrected chi connectivity index (χ2v) is 7.68. The van der Waals surface area contributed by atoms with Crippen LogP contribution in [-0.4, -0.2) is 44.9 Å². The van der Waals surface area contributed by atoms with E-state index in [4.69, 9.17) is 5.11 Å². The molecule has 1 atom stereocenters. The summed E-state index contributed by atoms with van der Waals surface area (Å²) in [7, 11) is 1.94. The molecule has 1 amide bonds. The maximum atomic E-state index is 12.9. The molecule has 5 nitrogen and oxygen atoms in total. The average molecular weight is 335 g/mol. The summed E-state index contributed by atoms with van der Waals surface area (Å²) < 4.78 is 1.89. The Morgan fingerprint density at radius 2 is 2.30 bits per heavy atom. The number of aliphatic hydroxyl groups is 1. The van der Waals surface area contributed by atoms with Crippen LogP contribution in [0.25, 0.3) is 10.2 Å². The van der Waals surface area contributed by atoms with Gasteiger partial charge in [-0.3, -0.25) is 9.48 Å². The van der Waals surface area contributed by atoms with Gasteiger partial charge in [-0.05, 0) is 37.7 Å². The van der Waals surface area contributed by atoms with E-state index in [9.17, 15) is 4.79 Å². The van der Waals surface area contributed by atoms with Crippen LogP contribution in [0, 0.1) is 0 Å². The zero-order valence-electron chi connectivity index (χ0n) is 14.1. The minimum Gasteiger partial charge on any atom is -0.396 e. The molecule has 2 aromatic heterocycles. The maximum absolute atomic E-state index is 12.9. The summed E-state index contributed by atoms with van der Waals surface area (Å²) in [5, 5.41) is 14.7. The fourth-order valence-corrected chi connectivity index (χ4v) is 4.51. The van der Waals surface area contributed by atoms with Crippen molar-refractivity contribution in [3.8, 4) is 0 Å². The number of thiophene rings is 1. The molecular weight excluding hydrogens is 310 g/mol. The van der Waals surface area contributed by atoms with Gasteiger partial charge in [-0.2, -0.15) is 5.10 Å². The zero-order chi connectivity index (χ0) is 16.6. The van der Waals surface area contributed by atoms with Crippen molar-refractivity contribution in [2.45, 2.75) is 51.5 Å². The Balaban J connectivity index is 1.87. The lowest BCUT2D eigenvalue weighted by Crippen LogP contribution is -2.35. The highest BCUT2D eigenvalue weighted by Crippen LogP contribution is 2.33. The van der Waals surface area contributed by atoms with E-state index in [0.29, 0.717) is 5.92 Å². The van der Waals surface area contributed by atoms with E-state index < -0.39 is 0 Å². The summed E-state index contributed by atoms with van der Waals surface area (Å²) in [6.45, 7) is 5.29. The third kappa shape index (κ3) is 3.02. The summed E-state index contributed by atoms with van der Waals surface area (Å²) in [4.78, 5) is 16.8. The van der Waals surface area contributed by atoms with Gasteiger partial charge in [0.05, 0.1) is 10.6 Å². The Kier molecular flexibility index (Phi) is 4.73. The van der Waals surface area contributed by atoms with Crippen LogP contribution in [0.15, 0.2) is 6.07 Å². The number of hydrogen-bond acceptors (Lipinski definition) is 4. The first-order chi connectivity index (χ1) is 11.0. The van der Waals surface area contributed by atoms with Gasteiger partial charge in [-0.1, -0.05) is 13.8 Å². The van der Waals surface area contributed by atoms with Gasteiger partial charge in [0.15, 0.2) is 0 Å². The van der Waals surface area contributed by atoms with Crippen LogP contribution >= 0.6 is 11.3 Å². The number of amides is 1. The van der Waals surface area contributed by atoms with Crippen LogP contribution < -0.4 is 0 Å². The number of likely N-dealkylation sites (tertiary alicyclic amines) is 1. The molecule has 0 saturated carbocycles. The number of carbonyl (C=O) groups excluding carboxylic acids is 1. The molecule has 0 radical (unpaired) electrons. The second-order valence-electron chi connectivity index (χ2n) is 6.65. The third-order valence-corrected chi connectivity index (χ3v) is 5.82. The van der Waals surface area contributed by atoms with Gasteiger partial charge >= 0.3 is 0 Å². The number of rotatable bonds is 5. The normalized spacial score (nSPS) is 18.5. The molecular formula is C17H25N3O2S. The van der Waals surface area contributed by atoms with Gasteiger partial charge in [-0.25, -0.2) is 0 Å². The molecule has 2 aromatic rings. The number of nitrogens with zero attached hydrogens (tertiary/aromatic N) is 3. The molecule has 1 aliphatic heterocycles. The van der Waals surface area contributed by atoms with Crippen LogP contribution in [0.1, 0.15) is 60.8 Å². The van der Waals surface area contributed by atoms with Crippen LogP contribution in [0.4, 0.5) is 0 Å². The molecule has 0 spiro atoms. The number of fused-ring (bicyclic) bond motifs is 1. The summed E-state index contributed by atoms with van der Waals surface area (Å²) in [6.07, 6.45) is 3.77. The molecule has 0 aliphatic carbocycles. The largest absolute Gasteiger partial charge is 0.396 e. The smallest absolute Gasteiger partial charge is 0.264 e. The van der Waals surface area contributed by atoms with Crippen molar-refractivity contribution in [1.29, 1.82) is 0 Å². The molecule has 1 N–H and O–H groups in total. The van der Waals surface area contributed by atoms with Gasteiger partial charge in [0.25, 0.3) is 5.91 Å². The van der Waals surface area contributed by atoms with Crippen LogP contribution in [-0.2, 0) is 7.05 Å². The maximum Gasteiger partial charge on any atom is 0.264 e. The molecule has 3 rings (SSSR count). The molecule has 23 heavy (non-hydrogen) atoms. The lowest BCUT2D eigenvalue weighted by molar-refractivity contribution is 0.0729. The average Bonchev–Trinajstić information content (AvgIpc) is 3.20. The van der Waals surface area contributed by atoms with E-state index in [2.05, 4.69) is 18.9 Å². The molecule has 126 valence electrons. The fraction of sp³-hybridized carbons (Fsp3) is 0.647. The quantitative estimate of drug-likeness (QED) is 0.913. The topological polar surface area (TPSA) is 58.4 Å². The van der Waals surface area contributed by atoms with E-state index in [0.717, 1.165) is 53.0 Å². The molecule has 1 fully saturated rings. The van der Waals surface area contributed by atoms with Crippen LogP contribution in [0.2, 0.25) is 0 Å². The number of carbonyl (C=O) groups is 1. The molecule has 6 heteroatoms. The van der Waals surface area contributed by atoms with Crippen molar-refractivity contribution >= 4 is 27.5 Å². The van der Waals surface area contributed by atoms with Gasteiger partial charge in [-0.15, -0.1) is 11.3 Å². The van der Waals surface area contributed by atoms with Crippen LogP contribution in [0.5, 0.6) is 0 Å². The van der Waals surface area contributed by atoms with Crippen molar-refractivity contribution in [3.05, 3.63) is 16.6 Å². The van der Waals surface area contributed by atoms with Crippen molar-refractivity contribution < 1.29 is 9.90 Å². The van der Waals surface area contributed by atoms with E-state index in [1.54, 1.807) is 11.3 Å². The molecule has 0 bridgehead atoms. The zero-order valence-corrected chi connectivity index (χ0v) is 14.9. The Morgan fingerprint density at radius 1 is 1.52 bits per heavy atom. The molecule has 1 unspecified atom stereocenters. The summed E-state index contributed by atoms with van der Waals surface area (Å²) in [6, 6.07) is 2.30. The lowest BCUT2D eigenvalue weighted by Gasteiger charge is -2.24. The summed E-state index contributed by atoms with van der Waals surface area (Å²) in [5.41, 5.74) is 1.07. The first-order valence-corrected chi connectivity index (χ1v) is 9.22. The monoisotopic (exact) mass is 335 g/mol. The SMILES string of the molecule is CC(C)c1nn(C)c2sc(C(=O)N3CCCC3CCCO)cc12. The number of hydrogen-bond donors (Lipinski definition) is 1. The Bertz CT molecular complexity index is 704. The van der Waals surface area contributed by atoms with Gasteiger partial charge in [0, 0.05) is 31.6 Å². The van der Waals surface area contributed by atoms with E-state index in [-0.39, 0.29) is 18.6 Å². The Labute approximate surface area is 140 Å². The number of aromatic nitrogens is 2. The molecule has 3 heterocycles. The first kappa shape index (κ1) is 16.5. The van der Waals surface area contributed by atoms with Gasteiger partial charge in [0.1, 0.15) is 4.83 Å². The highest BCUT2D eigenvalue weighted by Gasteiger charge is 2.30. The predicted molar refractivity (Wildman–Crippen MR) is 93.1 cm³/mol. The summed E-state index contributed by atoms with van der Waals surface area (Å²) in [5.74, 6) is 0.488. The van der Waals surface area contributed by atoms with Crippen molar-refractivity contribution in [1.82, 2.24) is 14.7 Å². The molecule has 1 aliphatic rings. The third-order valence-electron chi connectivity index (χ3n) is 4.63. The van der Waals surface area contributed by atoms with Crippen molar-refractivity contribution in [2.75, 3.05) is 13.2 Å². The Hall–Kier alpha value is -1.40. The van der Waals surface area contributed by atoms with E-state index in [1.807, 2.05) is 22.7 Å². The number of aryl methyl sites for hydroxylation is 1. The standard InChI is InChI=1S/C17H25N3O2S/c1-11(2)15-13-10-14(23-17(13)19(3)18-15)16(22)20-8-4-6-12(20)7-5-9-21/h10-12,21H,4-9H2,1-3H3. The molecule has 0 aromatic carbocycles. The van der Waals surface area contributed by atoms with Gasteiger partial charge in [0.2, 0.25) is 0 Å². The second kappa shape index (κ2) is 6.61. The summed E-state index contributed by atoms with van der Waals surface area (Å²) >= 11 is 1.54.